The molecule has 10 aromatic rings. The van der Waals surface area contributed by atoms with Crippen LogP contribution in [0.2, 0.25) is 0 Å². The predicted molar refractivity (Wildman–Crippen MR) is 226 cm³/mol. The second-order valence-corrected chi connectivity index (χ2v) is 14.5. The van der Waals surface area contributed by atoms with Gasteiger partial charge in [-0.15, -0.1) is 0 Å². The molecule has 1 aliphatic carbocycles. The molecule has 0 spiro atoms. The van der Waals surface area contributed by atoms with Crippen LogP contribution in [0.25, 0.3) is 71.6 Å². The highest BCUT2D eigenvalue weighted by molar-refractivity contribution is 6.12. The molecular formula is C51H37N3. The van der Waals surface area contributed by atoms with Crippen LogP contribution in [0.15, 0.2) is 188 Å². The Bertz CT molecular complexity index is 3020. The Kier molecular flexibility index (Phi) is 6.82. The summed E-state index contributed by atoms with van der Waals surface area (Å²) >= 11 is 0. The van der Waals surface area contributed by atoms with Crippen molar-refractivity contribution in [1.29, 1.82) is 0 Å². The average molecular weight is 692 g/mol. The zero-order chi connectivity index (χ0) is 35.8. The Morgan fingerprint density at radius 1 is 0.426 bits per heavy atom. The van der Waals surface area contributed by atoms with Crippen molar-refractivity contribution in [3.63, 3.8) is 0 Å². The van der Waals surface area contributed by atoms with Gasteiger partial charge in [0.25, 0.3) is 0 Å². The fourth-order valence-electron chi connectivity index (χ4n) is 9.56. The summed E-state index contributed by atoms with van der Waals surface area (Å²) in [4.78, 5) is 0. The molecule has 256 valence electrons. The molecule has 0 amide bonds. The van der Waals surface area contributed by atoms with Gasteiger partial charge in [-0.2, -0.15) is 0 Å². The lowest BCUT2D eigenvalue weighted by Crippen LogP contribution is -2.28. The van der Waals surface area contributed by atoms with E-state index in [1.54, 1.807) is 0 Å². The first-order valence-electron chi connectivity index (χ1n) is 18.8. The van der Waals surface area contributed by atoms with Gasteiger partial charge in [0.2, 0.25) is 0 Å². The van der Waals surface area contributed by atoms with Gasteiger partial charge in [-0.1, -0.05) is 140 Å². The summed E-state index contributed by atoms with van der Waals surface area (Å²) < 4.78 is 4.83. The van der Waals surface area contributed by atoms with Gasteiger partial charge in [-0.25, -0.2) is 0 Å². The Hall–Kier alpha value is -6.68. The van der Waals surface area contributed by atoms with Crippen molar-refractivity contribution in [3.05, 3.63) is 210 Å². The van der Waals surface area contributed by atoms with Crippen LogP contribution >= 0.6 is 0 Å². The van der Waals surface area contributed by atoms with Gasteiger partial charge in [-0.3, -0.25) is 0 Å². The molecule has 11 rings (SSSR count). The Balaban J connectivity index is 1.13. The van der Waals surface area contributed by atoms with Gasteiger partial charge in [-0.05, 0) is 100 Å². The number of rotatable bonds is 6. The van der Waals surface area contributed by atoms with Crippen LogP contribution in [0, 0.1) is 0 Å². The summed E-state index contributed by atoms with van der Waals surface area (Å²) in [5.41, 5.74) is 15.8. The molecule has 8 aromatic carbocycles. The number of nitrogens with one attached hydrogen (secondary N) is 1. The van der Waals surface area contributed by atoms with Crippen molar-refractivity contribution in [2.45, 2.75) is 12.1 Å². The van der Waals surface area contributed by atoms with Gasteiger partial charge in [0, 0.05) is 27.2 Å². The quantitative estimate of drug-likeness (QED) is 0.184. The van der Waals surface area contributed by atoms with Crippen molar-refractivity contribution in [3.8, 4) is 27.9 Å². The first-order chi connectivity index (χ1) is 26.8. The highest BCUT2D eigenvalue weighted by Gasteiger charge is 2.46. The van der Waals surface area contributed by atoms with Crippen molar-refractivity contribution < 1.29 is 0 Å². The molecule has 0 atom stereocenters. The maximum atomic E-state index is 3.35. The Morgan fingerprint density at radius 2 is 0.944 bits per heavy atom. The van der Waals surface area contributed by atoms with E-state index in [1.165, 1.54) is 88.1 Å². The minimum Gasteiger partial charge on any atom is -0.327 e. The number of hydrogen-bond acceptors (Lipinski definition) is 1. The topological polar surface area (TPSA) is 21.9 Å². The average Bonchev–Trinajstić information content (AvgIpc) is 3.85. The summed E-state index contributed by atoms with van der Waals surface area (Å²) in [6, 6.07) is 69.7. The molecule has 54 heavy (non-hydrogen) atoms. The van der Waals surface area contributed by atoms with Gasteiger partial charge < -0.3 is 14.5 Å². The largest absolute Gasteiger partial charge is 0.327 e. The first kappa shape index (κ1) is 30.9. The van der Waals surface area contributed by atoms with Crippen molar-refractivity contribution in [2.24, 2.45) is 0 Å². The summed E-state index contributed by atoms with van der Waals surface area (Å²) in [6.45, 7) is 0.765. The standard InChI is InChI=1S/C51H37N3/c1-52-33-53-47-22-12-9-19-41(47)43-30-34(24-28-48(43)53)35-25-29-50-44(31-35)42-20-10-13-23-49(42)54(50)38-26-27-40-39-18-8-11-21-45(39)51(46(40)32-38,36-14-4-2-5-15-36)37-16-6-3-7-17-37/h2-32,52H,33H2,1H3. The molecule has 0 unspecified atom stereocenters. The summed E-state index contributed by atoms with van der Waals surface area (Å²) in [5.74, 6) is 0. The van der Waals surface area contributed by atoms with Crippen LogP contribution in [-0.4, -0.2) is 16.2 Å². The summed E-state index contributed by atoms with van der Waals surface area (Å²) in [7, 11) is 2.01. The van der Waals surface area contributed by atoms with E-state index in [0.717, 1.165) is 12.4 Å². The van der Waals surface area contributed by atoms with E-state index in [1.807, 2.05) is 7.05 Å². The lowest BCUT2D eigenvalue weighted by Gasteiger charge is -2.34. The fourth-order valence-corrected chi connectivity index (χ4v) is 9.56. The molecule has 1 N–H and O–H groups in total. The Morgan fingerprint density at radius 3 is 1.65 bits per heavy atom. The maximum Gasteiger partial charge on any atom is 0.0729 e. The van der Waals surface area contributed by atoms with Crippen molar-refractivity contribution in [2.75, 3.05) is 7.05 Å². The minimum atomic E-state index is -0.453. The third-order valence-corrected chi connectivity index (χ3v) is 11.8. The van der Waals surface area contributed by atoms with E-state index in [0.29, 0.717) is 0 Å². The highest BCUT2D eigenvalue weighted by atomic mass is 15.1. The van der Waals surface area contributed by atoms with Crippen molar-refractivity contribution in [1.82, 2.24) is 14.5 Å². The molecule has 2 aromatic heterocycles. The van der Waals surface area contributed by atoms with Crippen LogP contribution in [0.4, 0.5) is 0 Å². The number of fused-ring (bicyclic) bond motifs is 9. The molecule has 0 saturated carbocycles. The normalized spacial score (nSPS) is 13.2. The second kappa shape index (κ2) is 11.9. The van der Waals surface area contributed by atoms with E-state index >= 15 is 0 Å². The van der Waals surface area contributed by atoms with Crippen LogP contribution < -0.4 is 5.32 Å². The molecule has 1 aliphatic rings. The molecule has 0 radical (unpaired) electrons. The Labute approximate surface area is 314 Å². The SMILES string of the molecule is CNCn1c2ccccc2c2cc(-c3ccc4c(c3)c3ccccc3n4-c3ccc4c(c3)C(c3ccccc3)(c3ccccc3)c3ccccc3-4)ccc21. The van der Waals surface area contributed by atoms with Crippen LogP contribution in [0.3, 0.4) is 0 Å². The third kappa shape index (κ3) is 4.27. The molecule has 0 saturated heterocycles. The van der Waals surface area contributed by atoms with Gasteiger partial charge in [0.1, 0.15) is 0 Å². The summed E-state index contributed by atoms with van der Waals surface area (Å²) in [6.07, 6.45) is 0. The van der Waals surface area contributed by atoms with Crippen LogP contribution in [0.1, 0.15) is 22.3 Å². The van der Waals surface area contributed by atoms with E-state index < -0.39 is 5.41 Å². The van der Waals surface area contributed by atoms with Gasteiger partial charge in [0.15, 0.2) is 0 Å². The van der Waals surface area contributed by atoms with E-state index in [9.17, 15) is 0 Å². The zero-order valence-electron chi connectivity index (χ0n) is 30.0. The number of benzene rings is 8. The van der Waals surface area contributed by atoms with E-state index in [4.69, 9.17) is 0 Å². The zero-order valence-corrected chi connectivity index (χ0v) is 30.0. The fraction of sp³-hybridized carbons (Fsp3) is 0.0588. The molecule has 3 heteroatoms. The highest BCUT2D eigenvalue weighted by Crippen LogP contribution is 2.56. The van der Waals surface area contributed by atoms with E-state index in [2.05, 4.69) is 203 Å². The first-order valence-corrected chi connectivity index (χ1v) is 18.8. The lowest BCUT2D eigenvalue weighted by molar-refractivity contribution is 0.654. The number of aromatic nitrogens is 2. The molecule has 0 bridgehead atoms. The molecule has 2 heterocycles. The number of para-hydroxylation sites is 2. The smallest absolute Gasteiger partial charge is 0.0729 e. The number of nitrogens with zero attached hydrogens (tertiary/aromatic N) is 2. The molecule has 0 fully saturated rings. The van der Waals surface area contributed by atoms with Crippen LogP contribution in [0.5, 0.6) is 0 Å². The third-order valence-electron chi connectivity index (χ3n) is 11.8. The lowest BCUT2D eigenvalue weighted by atomic mass is 9.67. The van der Waals surface area contributed by atoms with Crippen molar-refractivity contribution >= 4 is 43.6 Å². The molecule has 3 nitrogen and oxygen atoms in total. The minimum absolute atomic E-state index is 0.453. The summed E-state index contributed by atoms with van der Waals surface area (Å²) in [5, 5.41) is 8.42. The van der Waals surface area contributed by atoms with Crippen LogP contribution in [-0.2, 0) is 12.1 Å². The monoisotopic (exact) mass is 691 g/mol. The van der Waals surface area contributed by atoms with E-state index in [-0.39, 0.29) is 0 Å². The second-order valence-electron chi connectivity index (χ2n) is 14.5. The molecule has 0 aliphatic heterocycles. The van der Waals surface area contributed by atoms with Gasteiger partial charge in [0.05, 0.1) is 34.2 Å². The van der Waals surface area contributed by atoms with Gasteiger partial charge >= 0.3 is 0 Å². The number of hydrogen-bond donors (Lipinski definition) is 1. The molecular weight excluding hydrogens is 655 g/mol. The maximum absolute atomic E-state index is 3.35. The predicted octanol–water partition coefficient (Wildman–Crippen LogP) is 12.1.